The molecule has 0 saturated heterocycles. The van der Waals surface area contributed by atoms with Crippen LogP contribution in [0.5, 0.6) is 0 Å². The van der Waals surface area contributed by atoms with E-state index < -0.39 is 16.8 Å². The van der Waals surface area contributed by atoms with E-state index in [4.69, 9.17) is 0 Å². The van der Waals surface area contributed by atoms with Crippen LogP contribution in [0.25, 0.3) is 0 Å². The number of hydrogen-bond acceptors (Lipinski definition) is 5. The fourth-order valence-electron chi connectivity index (χ4n) is 2.98. The summed E-state index contributed by atoms with van der Waals surface area (Å²) in [6.07, 6.45) is 4.08. The standard InChI is InChI=1S/C13H20N4O4/c1-8-11(17(20)21)12(16(2)15-8)14-10-7-5-3-4-6-9(10)13(18)19/h9-10,14H,3-7H2,1-2H3,(H,18,19). The highest BCUT2D eigenvalue weighted by molar-refractivity contribution is 5.72. The predicted octanol–water partition coefficient (Wildman–Crippen LogP) is 2.08. The Balaban J connectivity index is 2.30. The summed E-state index contributed by atoms with van der Waals surface area (Å²) in [5.41, 5.74) is 0.247. The third-order valence-corrected chi connectivity index (χ3v) is 4.03. The van der Waals surface area contributed by atoms with Crippen LogP contribution >= 0.6 is 0 Å². The summed E-state index contributed by atoms with van der Waals surface area (Å²) >= 11 is 0. The number of carboxylic acids is 1. The minimum atomic E-state index is -0.851. The van der Waals surface area contributed by atoms with Crippen molar-refractivity contribution in [2.45, 2.75) is 45.1 Å². The smallest absolute Gasteiger partial charge is 0.333 e. The number of nitrogens with zero attached hydrogens (tertiary/aromatic N) is 3. The number of carboxylic acid groups (broad SMARTS) is 1. The molecule has 0 spiro atoms. The average Bonchev–Trinajstić information content (AvgIpc) is 2.57. The van der Waals surface area contributed by atoms with Crippen molar-refractivity contribution in [1.82, 2.24) is 9.78 Å². The molecule has 2 unspecified atom stereocenters. The van der Waals surface area contributed by atoms with Crippen molar-refractivity contribution in [3.63, 3.8) is 0 Å². The molecule has 1 aliphatic carbocycles. The van der Waals surface area contributed by atoms with Gasteiger partial charge >= 0.3 is 11.7 Å². The molecule has 2 atom stereocenters. The maximum atomic E-state index is 11.4. The van der Waals surface area contributed by atoms with E-state index in [2.05, 4.69) is 10.4 Å². The molecule has 0 amide bonds. The highest BCUT2D eigenvalue weighted by Gasteiger charge is 2.33. The second-order valence-corrected chi connectivity index (χ2v) is 5.50. The molecule has 1 aromatic rings. The highest BCUT2D eigenvalue weighted by atomic mass is 16.6. The van der Waals surface area contributed by atoms with E-state index in [0.29, 0.717) is 18.5 Å². The summed E-state index contributed by atoms with van der Waals surface area (Å²) in [5.74, 6) is -1.09. The number of aliphatic carboxylic acids is 1. The molecule has 2 N–H and O–H groups in total. The van der Waals surface area contributed by atoms with Crippen molar-refractivity contribution in [2.24, 2.45) is 13.0 Å². The number of rotatable bonds is 4. The van der Waals surface area contributed by atoms with Crippen LogP contribution in [0.4, 0.5) is 11.5 Å². The Morgan fingerprint density at radius 2 is 2.10 bits per heavy atom. The van der Waals surface area contributed by atoms with Crippen molar-refractivity contribution in [3.05, 3.63) is 15.8 Å². The average molecular weight is 296 g/mol. The van der Waals surface area contributed by atoms with Gasteiger partial charge in [-0.15, -0.1) is 0 Å². The van der Waals surface area contributed by atoms with Gasteiger partial charge in [0.25, 0.3) is 0 Å². The predicted molar refractivity (Wildman–Crippen MR) is 76.2 cm³/mol. The summed E-state index contributed by atoms with van der Waals surface area (Å²) in [6.45, 7) is 1.57. The number of anilines is 1. The van der Waals surface area contributed by atoms with Gasteiger partial charge in [0.05, 0.1) is 10.8 Å². The van der Waals surface area contributed by atoms with Crippen LogP contribution in [0.1, 0.15) is 37.8 Å². The third-order valence-electron chi connectivity index (χ3n) is 4.03. The second-order valence-electron chi connectivity index (χ2n) is 5.50. The first-order valence-corrected chi connectivity index (χ1v) is 7.09. The van der Waals surface area contributed by atoms with Gasteiger partial charge in [0.2, 0.25) is 5.82 Å². The van der Waals surface area contributed by atoms with Gasteiger partial charge < -0.3 is 10.4 Å². The molecule has 0 aliphatic heterocycles. The molecule has 1 aliphatic rings. The first-order chi connectivity index (χ1) is 9.91. The summed E-state index contributed by atoms with van der Waals surface area (Å²) in [4.78, 5) is 22.1. The Hall–Kier alpha value is -2.12. The number of nitrogens with one attached hydrogen (secondary N) is 1. The van der Waals surface area contributed by atoms with Crippen molar-refractivity contribution >= 4 is 17.5 Å². The number of nitro groups is 1. The number of aromatic nitrogens is 2. The number of aryl methyl sites for hydroxylation is 2. The largest absolute Gasteiger partial charge is 0.481 e. The van der Waals surface area contributed by atoms with Crippen molar-refractivity contribution < 1.29 is 14.8 Å². The Bertz CT molecular complexity index is 555. The molecule has 21 heavy (non-hydrogen) atoms. The first-order valence-electron chi connectivity index (χ1n) is 7.09. The van der Waals surface area contributed by atoms with Crippen molar-refractivity contribution in [1.29, 1.82) is 0 Å². The van der Waals surface area contributed by atoms with Gasteiger partial charge in [0, 0.05) is 13.1 Å². The van der Waals surface area contributed by atoms with Gasteiger partial charge in [-0.1, -0.05) is 19.3 Å². The zero-order valence-electron chi connectivity index (χ0n) is 12.2. The molecule has 116 valence electrons. The van der Waals surface area contributed by atoms with Crippen LogP contribution in [0, 0.1) is 23.0 Å². The molecule has 2 rings (SSSR count). The van der Waals surface area contributed by atoms with Crippen LogP contribution in [-0.4, -0.2) is 31.8 Å². The Labute approximate surface area is 122 Å². The van der Waals surface area contributed by atoms with Crippen LogP contribution < -0.4 is 5.32 Å². The quantitative estimate of drug-likeness (QED) is 0.500. The normalized spacial score (nSPS) is 22.6. The summed E-state index contributed by atoms with van der Waals surface area (Å²) < 4.78 is 1.41. The number of hydrogen-bond donors (Lipinski definition) is 2. The molecule has 0 aromatic carbocycles. The third kappa shape index (κ3) is 3.14. The lowest BCUT2D eigenvalue weighted by atomic mass is 9.95. The molecular weight excluding hydrogens is 276 g/mol. The Morgan fingerprint density at radius 3 is 2.71 bits per heavy atom. The Morgan fingerprint density at radius 1 is 1.43 bits per heavy atom. The molecule has 1 aromatic heterocycles. The zero-order chi connectivity index (χ0) is 15.6. The topological polar surface area (TPSA) is 110 Å². The van der Waals surface area contributed by atoms with E-state index in [1.165, 1.54) is 4.68 Å². The molecule has 0 bridgehead atoms. The van der Waals surface area contributed by atoms with E-state index in [0.717, 1.165) is 19.3 Å². The molecule has 0 radical (unpaired) electrons. The van der Waals surface area contributed by atoms with Gasteiger partial charge in [0.1, 0.15) is 5.69 Å². The fourth-order valence-corrected chi connectivity index (χ4v) is 2.98. The van der Waals surface area contributed by atoms with Gasteiger partial charge in [-0.25, -0.2) is 4.68 Å². The lowest BCUT2D eigenvalue weighted by Gasteiger charge is -2.23. The van der Waals surface area contributed by atoms with Crippen molar-refractivity contribution in [2.75, 3.05) is 5.32 Å². The lowest BCUT2D eigenvalue weighted by molar-refractivity contribution is -0.384. The van der Waals surface area contributed by atoms with Gasteiger partial charge in [-0.3, -0.25) is 14.9 Å². The van der Waals surface area contributed by atoms with Crippen LogP contribution in [0.15, 0.2) is 0 Å². The molecule has 8 heteroatoms. The van der Waals surface area contributed by atoms with Crippen LogP contribution in [0.3, 0.4) is 0 Å². The van der Waals surface area contributed by atoms with Crippen LogP contribution in [0.2, 0.25) is 0 Å². The van der Waals surface area contributed by atoms with E-state index >= 15 is 0 Å². The highest BCUT2D eigenvalue weighted by Crippen LogP contribution is 2.32. The van der Waals surface area contributed by atoms with Gasteiger partial charge in [-0.2, -0.15) is 5.10 Å². The lowest BCUT2D eigenvalue weighted by Crippen LogP contribution is -2.34. The van der Waals surface area contributed by atoms with E-state index in [-0.39, 0.29) is 17.5 Å². The van der Waals surface area contributed by atoms with Gasteiger partial charge in [-0.05, 0) is 19.8 Å². The zero-order valence-corrected chi connectivity index (χ0v) is 12.2. The maximum absolute atomic E-state index is 11.4. The van der Waals surface area contributed by atoms with Crippen LogP contribution in [-0.2, 0) is 11.8 Å². The minimum absolute atomic E-state index is 0.0779. The van der Waals surface area contributed by atoms with E-state index in [9.17, 15) is 20.0 Å². The fraction of sp³-hybridized carbons (Fsp3) is 0.692. The minimum Gasteiger partial charge on any atom is -0.481 e. The molecule has 1 saturated carbocycles. The summed E-state index contributed by atoms with van der Waals surface area (Å²) in [6, 6.07) is -0.307. The Kier molecular flexibility index (Phi) is 4.44. The monoisotopic (exact) mass is 296 g/mol. The molecule has 8 nitrogen and oxygen atoms in total. The molecule has 1 heterocycles. The summed E-state index contributed by atoms with van der Waals surface area (Å²) in [7, 11) is 1.62. The SMILES string of the molecule is Cc1nn(C)c(NC2CCCCCC2C(=O)O)c1[N+](=O)[O-]. The maximum Gasteiger partial charge on any atom is 0.333 e. The van der Waals surface area contributed by atoms with Crippen molar-refractivity contribution in [3.8, 4) is 0 Å². The van der Waals surface area contributed by atoms with E-state index in [1.54, 1.807) is 14.0 Å². The number of carbonyl (C=O) groups is 1. The van der Waals surface area contributed by atoms with E-state index in [1.807, 2.05) is 0 Å². The summed E-state index contributed by atoms with van der Waals surface area (Å²) in [5, 5.41) is 27.7. The molecule has 1 fully saturated rings. The van der Waals surface area contributed by atoms with Gasteiger partial charge in [0.15, 0.2) is 0 Å². The first kappa shape index (κ1) is 15.3. The second kappa shape index (κ2) is 6.11. The molecular formula is C13H20N4O4.